The highest BCUT2D eigenvalue weighted by Gasteiger charge is 2.04. The maximum atomic E-state index is 5.37. The van der Waals surface area contributed by atoms with Gasteiger partial charge in [-0.3, -0.25) is 5.84 Å². The van der Waals surface area contributed by atoms with Gasteiger partial charge < -0.3 is 0 Å². The van der Waals surface area contributed by atoms with Crippen molar-refractivity contribution in [1.29, 1.82) is 0 Å². The summed E-state index contributed by atoms with van der Waals surface area (Å²) in [5, 5.41) is 1.86. The zero-order chi connectivity index (χ0) is 26.3. The van der Waals surface area contributed by atoms with E-state index in [1.807, 2.05) is 24.9 Å². The predicted molar refractivity (Wildman–Crippen MR) is 160 cm³/mol. The van der Waals surface area contributed by atoms with Gasteiger partial charge in [-0.15, -0.1) is 6.58 Å². The average molecular weight is 481 g/mol. The second kappa shape index (κ2) is 22.6. The first-order valence-corrected chi connectivity index (χ1v) is 14.2. The van der Waals surface area contributed by atoms with Gasteiger partial charge in [-0.25, -0.2) is 5.01 Å². The van der Waals surface area contributed by atoms with Crippen molar-refractivity contribution in [3.8, 4) is 0 Å². The number of aryl methyl sites for hydroxylation is 1. The van der Waals surface area contributed by atoms with Gasteiger partial charge in [0, 0.05) is 13.1 Å². The van der Waals surface area contributed by atoms with Crippen LogP contribution in [0.4, 0.5) is 0 Å². The summed E-state index contributed by atoms with van der Waals surface area (Å²) in [6, 6.07) is 8.99. The Hall–Kier alpha value is -1.90. The fourth-order valence-electron chi connectivity index (χ4n) is 3.83. The third kappa shape index (κ3) is 18.1. The molecule has 1 aromatic carbocycles. The van der Waals surface area contributed by atoms with Crippen LogP contribution in [0.15, 0.2) is 67.3 Å². The number of hydrogen-bond donors (Lipinski definition) is 1. The molecule has 2 nitrogen and oxygen atoms in total. The zero-order valence-electron chi connectivity index (χ0n) is 23.8. The SMILES string of the molecule is C=CCCCCC(=C)c1ccc(CCCCC)cc1.CC.CC1=CCC(C)C=C1.NN1CCCC1. The Bertz CT molecular complexity index is 705. The molecule has 1 aromatic rings. The van der Waals surface area contributed by atoms with Crippen molar-refractivity contribution in [1.82, 2.24) is 5.01 Å². The second-order valence-electron chi connectivity index (χ2n) is 9.56. The molecule has 2 aliphatic rings. The molecule has 198 valence electrons. The van der Waals surface area contributed by atoms with Crippen molar-refractivity contribution in [2.75, 3.05) is 13.1 Å². The van der Waals surface area contributed by atoms with Gasteiger partial charge in [0.2, 0.25) is 0 Å². The van der Waals surface area contributed by atoms with E-state index < -0.39 is 0 Å². The standard InChI is InChI=1S/C19H28.C8H12.C4H10N2.C2H6/c1-4-6-8-10-11-17(3)19-15-13-18(14-16-19)12-9-7-5-2;1-7-3-5-8(2)6-4-7;5-6-3-1-2-4-6;1-2/h4,13-16H,1,3,5-12H2,2H3;3-5,8H,6H2,1-2H3;1-5H2;1-2H3. The number of unbranched alkanes of at least 4 members (excludes halogenated alkanes) is 4. The van der Waals surface area contributed by atoms with Gasteiger partial charge in [-0.05, 0) is 87.3 Å². The smallest absolute Gasteiger partial charge is 0.0129 e. The summed E-state index contributed by atoms with van der Waals surface area (Å²) in [4.78, 5) is 0. The molecule has 2 N–H and O–H groups in total. The van der Waals surface area contributed by atoms with Gasteiger partial charge in [0.25, 0.3) is 0 Å². The normalized spacial score (nSPS) is 16.5. The molecule has 35 heavy (non-hydrogen) atoms. The summed E-state index contributed by atoms with van der Waals surface area (Å²) in [6.45, 7) is 20.8. The first-order chi connectivity index (χ1) is 17.0. The van der Waals surface area contributed by atoms with Crippen LogP contribution in [-0.4, -0.2) is 18.1 Å². The minimum atomic E-state index is 0.763. The molecule has 0 saturated carbocycles. The molecule has 1 aliphatic heterocycles. The predicted octanol–water partition coefficient (Wildman–Crippen LogP) is 9.69. The van der Waals surface area contributed by atoms with E-state index in [0.717, 1.165) is 31.8 Å². The Labute approximate surface area is 219 Å². The van der Waals surface area contributed by atoms with Crippen LogP contribution < -0.4 is 5.84 Å². The van der Waals surface area contributed by atoms with Crippen molar-refractivity contribution in [2.24, 2.45) is 11.8 Å². The lowest BCUT2D eigenvalue weighted by molar-refractivity contribution is 0.355. The Morgan fingerprint density at radius 1 is 1.06 bits per heavy atom. The van der Waals surface area contributed by atoms with Crippen molar-refractivity contribution in [2.45, 2.75) is 105 Å². The largest absolute Gasteiger partial charge is 0.269 e. The van der Waals surface area contributed by atoms with E-state index in [1.165, 1.54) is 80.1 Å². The van der Waals surface area contributed by atoms with Gasteiger partial charge >= 0.3 is 0 Å². The molecule has 0 radical (unpaired) electrons. The van der Waals surface area contributed by atoms with E-state index in [9.17, 15) is 0 Å². The minimum absolute atomic E-state index is 0.763. The van der Waals surface area contributed by atoms with Crippen molar-refractivity contribution in [3.63, 3.8) is 0 Å². The van der Waals surface area contributed by atoms with Crippen molar-refractivity contribution in [3.05, 3.63) is 78.4 Å². The van der Waals surface area contributed by atoms with E-state index in [0.29, 0.717) is 0 Å². The second-order valence-corrected chi connectivity index (χ2v) is 9.56. The molecule has 0 aromatic heterocycles. The molecular weight excluding hydrogens is 424 g/mol. The summed E-state index contributed by atoms with van der Waals surface area (Å²) in [5.41, 5.74) is 5.43. The number of allylic oxidation sites excluding steroid dienone is 6. The van der Waals surface area contributed by atoms with E-state index in [1.54, 1.807) is 0 Å². The van der Waals surface area contributed by atoms with Crippen LogP contribution in [0.3, 0.4) is 0 Å². The Balaban J connectivity index is 0.000000585. The number of benzene rings is 1. The molecule has 2 heteroatoms. The summed E-state index contributed by atoms with van der Waals surface area (Å²) >= 11 is 0. The molecule has 0 amide bonds. The molecule has 1 unspecified atom stereocenters. The summed E-state index contributed by atoms with van der Waals surface area (Å²) in [6.07, 6.45) is 22.3. The van der Waals surface area contributed by atoms with Crippen LogP contribution >= 0.6 is 0 Å². The fourth-order valence-corrected chi connectivity index (χ4v) is 3.83. The van der Waals surface area contributed by atoms with Gasteiger partial charge in [0.15, 0.2) is 0 Å². The topological polar surface area (TPSA) is 29.3 Å². The van der Waals surface area contributed by atoms with Gasteiger partial charge in [0.05, 0.1) is 0 Å². The minimum Gasteiger partial charge on any atom is -0.269 e. The lowest BCUT2D eigenvalue weighted by Gasteiger charge is -2.07. The number of hydrazine groups is 1. The quantitative estimate of drug-likeness (QED) is 0.205. The van der Waals surface area contributed by atoms with E-state index in [4.69, 9.17) is 5.84 Å². The maximum absolute atomic E-state index is 5.37. The number of nitrogens with zero attached hydrogens (tertiary/aromatic N) is 1. The van der Waals surface area contributed by atoms with Gasteiger partial charge in [0.1, 0.15) is 0 Å². The first-order valence-electron chi connectivity index (χ1n) is 14.2. The van der Waals surface area contributed by atoms with Crippen molar-refractivity contribution >= 4 is 5.57 Å². The van der Waals surface area contributed by atoms with Crippen LogP contribution in [-0.2, 0) is 6.42 Å². The number of rotatable bonds is 10. The number of hydrogen-bond acceptors (Lipinski definition) is 2. The molecule has 1 atom stereocenters. The van der Waals surface area contributed by atoms with Crippen LogP contribution in [0.25, 0.3) is 5.57 Å². The molecule has 1 heterocycles. The third-order valence-electron chi connectivity index (χ3n) is 6.21. The highest BCUT2D eigenvalue weighted by molar-refractivity contribution is 5.63. The average Bonchev–Trinajstić information content (AvgIpc) is 3.37. The Morgan fingerprint density at radius 3 is 2.17 bits per heavy atom. The summed E-state index contributed by atoms with van der Waals surface area (Å²) < 4.78 is 0. The Kier molecular flexibility index (Phi) is 21.3. The zero-order valence-corrected chi connectivity index (χ0v) is 23.8. The van der Waals surface area contributed by atoms with Crippen molar-refractivity contribution < 1.29 is 0 Å². The molecular formula is C33H56N2. The maximum Gasteiger partial charge on any atom is 0.0129 e. The molecule has 0 bridgehead atoms. The Morgan fingerprint density at radius 2 is 1.71 bits per heavy atom. The lowest BCUT2D eigenvalue weighted by atomic mass is 9.98. The molecule has 1 aliphatic carbocycles. The van der Waals surface area contributed by atoms with Crippen LogP contribution in [0.2, 0.25) is 0 Å². The molecule has 1 saturated heterocycles. The summed E-state index contributed by atoms with van der Waals surface area (Å²) in [7, 11) is 0. The van der Waals surface area contributed by atoms with Crippen LogP contribution in [0.1, 0.15) is 110 Å². The monoisotopic (exact) mass is 480 g/mol. The molecule has 1 fully saturated rings. The van der Waals surface area contributed by atoms with E-state index in [-0.39, 0.29) is 0 Å². The lowest BCUT2D eigenvalue weighted by Crippen LogP contribution is -2.26. The number of nitrogens with two attached hydrogens (primary N) is 1. The van der Waals surface area contributed by atoms with E-state index >= 15 is 0 Å². The highest BCUT2D eigenvalue weighted by Crippen LogP contribution is 2.20. The first kappa shape index (κ1) is 33.1. The summed E-state index contributed by atoms with van der Waals surface area (Å²) in [5.74, 6) is 6.13. The van der Waals surface area contributed by atoms with Gasteiger partial charge in [-0.2, -0.15) is 0 Å². The van der Waals surface area contributed by atoms with Gasteiger partial charge in [-0.1, -0.05) is 101 Å². The fraction of sp³-hybridized carbons (Fsp3) is 0.576. The highest BCUT2D eigenvalue weighted by atomic mass is 15.4. The van der Waals surface area contributed by atoms with Crippen LogP contribution in [0, 0.1) is 5.92 Å². The molecule has 3 rings (SSSR count). The third-order valence-corrected chi connectivity index (χ3v) is 6.21. The van der Waals surface area contributed by atoms with Crippen LogP contribution in [0.5, 0.6) is 0 Å². The molecule has 0 spiro atoms. The van der Waals surface area contributed by atoms with E-state index in [2.05, 4.69) is 76.4 Å².